The third-order valence-corrected chi connectivity index (χ3v) is 5.16. The van der Waals surface area contributed by atoms with Crippen molar-refractivity contribution in [2.75, 3.05) is 13.1 Å². The number of nitrogens with one attached hydrogen (secondary N) is 2. The van der Waals surface area contributed by atoms with Crippen LogP contribution in [0.25, 0.3) is 0 Å². The Morgan fingerprint density at radius 1 is 1.21 bits per heavy atom. The molecule has 2 aromatic heterocycles. The number of hydrogen-bond donors (Lipinski definition) is 2. The lowest BCUT2D eigenvalue weighted by molar-refractivity contribution is 0.0707. The lowest BCUT2D eigenvalue weighted by Crippen LogP contribution is -2.38. The molecule has 1 saturated heterocycles. The molecule has 3 aromatic rings. The highest BCUT2D eigenvalue weighted by Gasteiger charge is 2.27. The highest BCUT2D eigenvalue weighted by atomic mass is 19.1. The molecule has 1 aliphatic rings. The fraction of sp³-hybridized carbons (Fsp3) is 0.286. The quantitative estimate of drug-likeness (QED) is 0.693. The van der Waals surface area contributed by atoms with Gasteiger partial charge in [0.25, 0.3) is 11.8 Å². The molecule has 4 rings (SSSR count). The van der Waals surface area contributed by atoms with E-state index in [-0.39, 0.29) is 23.3 Å². The number of hydrogen-bond acceptors (Lipinski definition) is 4. The first-order valence-corrected chi connectivity index (χ1v) is 9.51. The maximum absolute atomic E-state index is 13.9. The molecule has 2 amide bonds. The minimum Gasteiger partial charge on any atom is -0.467 e. The number of amides is 2. The molecule has 0 aliphatic carbocycles. The van der Waals surface area contributed by atoms with Crippen LogP contribution in [0.15, 0.2) is 53.1 Å². The van der Waals surface area contributed by atoms with Crippen LogP contribution in [0.5, 0.6) is 0 Å². The molecule has 0 spiro atoms. The standard InChI is InChI=1S/C21H21FN4O3/c22-17-6-2-1-5-16(17)21(28)26-9-7-14(8-10-26)18-12-19(25-24-18)20(27)23-13-15-4-3-11-29-15/h1-6,11-12,14H,7-10,13H2,(H,23,27)(H,24,25). The van der Waals surface area contributed by atoms with Gasteiger partial charge in [0.2, 0.25) is 0 Å². The van der Waals surface area contributed by atoms with Crippen molar-refractivity contribution in [1.29, 1.82) is 0 Å². The van der Waals surface area contributed by atoms with Gasteiger partial charge in [-0.3, -0.25) is 14.7 Å². The Hall–Kier alpha value is -3.42. The number of piperidine rings is 1. The van der Waals surface area contributed by atoms with Crippen LogP contribution in [0.1, 0.15) is 51.1 Å². The molecule has 0 saturated carbocycles. The SMILES string of the molecule is O=C(NCc1ccco1)c1cc(C2CCN(C(=O)c3ccccc3F)CC2)[nH]n1. The number of furan rings is 1. The molecule has 7 nitrogen and oxygen atoms in total. The molecule has 0 atom stereocenters. The van der Waals surface area contributed by atoms with E-state index in [1.165, 1.54) is 12.1 Å². The lowest BCUT2D eigenvalue weighted by atomic mass is 9.93. The number of carbonyl (C=O) groups excluding carboxylic acids is 2. The largest absolute Gasteiger partial charge is 0.467 e. The molecule has 1 aliphatic heterocycles. The van der Waals surface area contributed by atoms with Gasteiger partial charge in [0.05, 0.1) is 18.4 Å². The molecule has 1 aromatic carbocycles. The van der Waals surface area contributed by atoms with Crippen molar-refractivity contribution in [3.8, 4) is 0 Å². The summed E-state index contributed by atoms with van der Waals surface area (Å²) in [7, 11) is 0. The van der Waals surface area contributed by atoms with Gasteiger partial charge < -0.3 is 14.6 Å². The Bertz CT molecular complexity index is 991. The van der Waals surface area contributed by atoms with Gasteiger partial charge in [-0.15, -0.1) is 0 Å². The first-order valence-electron chi connectivity index (χ1n) is 9.51. The Kier molecular flexibility index (Phi) is 5.41. The minimum atomic E-state index is -0.501. The molecule has 1 fully saturated rings. The summed E-state index contributed by atoms with van der Waals surface area (Å²) in [4.78, 5) is 26.4. The van der Waals surface area contributed by atoms with Gasteiger partial charge in [0.1, 0.15) is 17.3 Å². The van der Waals surface area contributed by atoms with E-state index < -0.39 is 5.82 Å². The van der Waals surface area contributed by atoms with Crippen LogP contribution >= 0.6 is 0 Å². The first kappa shape index (κ1) is 18.9. The van der Waals surface area contributed by atoms with Crippen LogP contribution in [0.2, 0.25) is 0 Å². The summed E-state index contributed by atoms with van der Waals surface area (Å²) in [6, 6.07) is 11.3. The number of H-pyrrole nitrogens is 1. The molecule has 0 unspecified atom stereocenters. The molecular weight excluding hydrogens is 375 g/mol. The number of benzene rings is 1. The highest BCUT2D eigenvalue weighted by molar-refractivity contribution is 5.94. The number of carbonyl (C=O) groups is 2. The van der Waals surface area contributed by atoms with Crippen molar-refractivity contribution >= 4 is 11.8 Å². The van der Waals surface area contributed by atoms with Crippen molar-refractivity contribution in [3.63, 3.8) is 0 Å². The van der Waals surface area contributed by atoms with Gasteiger partial charge in [0, 0.05) is 24.7 Å². The van der Waals surface area contributed by atoms with Crippen molar-refractivity contribution in [1.82, 2.24) is 20.4 Å². The summed E-state index contributed by atoms with van der Waals surface area (Å²) in [6.07, 6.45) is 2.99. The maximum atomic E-state index is 13.9. The van der Waals surface area contributed by atoms with Crippen LogP contribution < -0.4 is 5.32 Å². The molecule has 0 radical (unpaired) electrons. The zero-order valence-corrected chi connectivity index (χ0v) is 15.7. The van der Waals surface area contributed by atoms with Gasteiger partial charge >= 0.3 is 0 Å². The molecule has 2 N–H and O–H groups in total. The maximum Gasteiger partial charge on any atom is 0.272 e. The number of aromatic nitrogens is 2. The van der Waals surface area contributed by atoms with E-state index in [2.05, 4.69) is 15.5 Å². The minimum absolute atomic E-state index is 0.100. The van der Waals surface area contributed by atoms with Crippen LogP contribution in [0.4, 0.5) is 4.39 Å². The predicted octanol–water partition coefficient (Wildman–Crippen LogP) is 3.09. The topological polar surface area (TPSA) is 91.2 Å². The summed E-state index contributed by atoms with van der Waals surface area (Å²) < 4.78 is 19.1. The fourth-order valence-electron chi connectivity index (χ4n) is 3.53. The van der Waals surface area contributed by atoms with E-state index in [9.17, 15) is 14.0 Å². The normalized spacial score (nSPS) is 14.7. The third kappa shape index (κ3) is 4.21. The van der Waals surface area contributed by atoms with Crippen LogP contribution in [-0.4, -0.2) is 40.0 Å². The Balaban J connectivity index is 1.33. The second kappa shape index (κ2) is 8.30. The van der Waals surface area contributed by atoms with Crippen molar-refractivity contribution in [3.05, 3.63) is 77.3 Å². The van der Waals surface area contributed by atoms with Gasteiger partial charge in [-0.2, -0.15) is 5.10 Å². The monoisotopic (exact) mass is 396 g/mol. The van der Waals surface area contributed by atoms with Gasteiger partial charge in [0.15, 0.2) is 0 Å². The smallest absolute Gasteiger partial charge is 0.272 e. The van der Waals surface area contributed by atoms with Crippen LogP contribution in [0, 0.1) is 5.82 Å². The first-order chi connectivity index (χ1) is 14.1. The summed E-state index contributed by atoms with van der Waals surface area (Å²) in [5, 5.41) is 9.80. The third-order valence-electron chi connectivity index (χ3n) is 5.16. The van der Waals surface area contributed by atoms with E-state index in [1.54, 1.807) is 41.5 Å². The van der Waals surface area contributed by atoms with Crippen LogP contribution in [0.3, 0.4) is 0 Å². The lowest BCUT2D eigenvalue weighted by Gasteiger charge is -2.31. The fourth-order valence-corrected chi connectivity index (χ4v) is 3.53. The zero-order chi connectivity index (χ0) is 20.2. The Morgan fingerprint density at radius 2 is 2.00 bits per heavy atom. The summed E-state index contributed by atoms with van der Waals surface area (Å²) >= 11 is 0. The van der Waals surface area contributed by atoms with E-state index in [4.69, 9.17) is 4.42 Å². The second-order valence-corrected chi connectivity index (χ2v) is 7.02. The Labute approximate surface area is 166 Å². The summed E-state index contributed by atoms with van der Waals surface area (Å²) in [5.74, 6) is -0.238. The number of halogens is 1. The van der Waals surface area contributed by atoms with E-state index in [1.807, 2.05) is 0 Å². The predicted molar refractivity (Wildman–Crippen MR) is 103 cm³/mol. The number of nitrogens with zero attached hydrogens (tertiary/aromatic N) is 2. The average Bonchev–Trinajstić information content (AvgIpc) is 3.44. The zero-order valence-electron chi connectivity index (χ0n) is 15.7. The molecule has 8 heteroatoms. The summed E-state index contributed by atoms with van der Waals surface area (Å²) in [5.41, 5.74) is 1.28. The Morgan fingerprint density at radius 3 is 2.72 bits per heavy atom. The number of likely N-dealkylation sites (tertiary alicyclic amines) is 1. The van der Waals surface area contributed by atoms with Crippen molar-refractivity contribution in [2.24, 2.45) is 0 Å². The number of aromatic amines is 1. The molecule has 150 valence electrons. The molecule has 29 heavy (non-hydrogen) atoms. The van der Waals surface area contributed by atoms with Gasteiger partial charge in [-0.05, 0) is 43.2 Å². The molecule has 3 heterocycles. The van der Waals surface area contributed by atoms with Crippen LogP contribution in [-0.2, 0) is 6.54 Å². The molecular formula is C21H21FN4O3. The highest BCUT2D eigenvalue weighted by Crippen LogP contribution is 2.28. The van der Waals surface area contributed by atoms with E-state index in [0.717, 1.165) is 18.5 Å². The number of rotatable bonds is 5. The summed E-state index contributed by atoms with van der Waals surface area (Å²) in [6.45, 7) is 1.35. The van der Waals surface area contributed by atoms with Gasteiger partial charge in [-0.25, -0.2) is 4.39 Å². The van der Waals surface area contributed by atoms with Crippen molar-refractivity contribution in [2.45, 2.75) is 25.3 Å². The molecule has 0 bridgehead atoms. The second-order valence-electron chi connectivity index (χ2n) is 7.02. The van der Waals surface area contributed by atoms with Crippen molar-refractivity contribution < 1.29 is 18.4 Å². The van der Waals surface area contributed by atoms with E-state index >= 15 is 0 Å². The van der Waals surface area contributed by atoms with Gasteiger partial charge in [-0.1, -0.05) is 12.1 Å². The van der Waals surface area contributed by atoms with E-state index in [0.29, 0.717) is 31.1 Å². The average molecular weight is 396 g/mol.